The molecule has 0 radical (unpaired) electrons. The number of thioether (sulfide) groups is 3. The zero-order chi connectivity index (χ0) is 11.9. The van der Waals surface area contributed by atoms with Crippen molar-refractivity contribution in [3.63, 3.8) is 0 Å². The van der Waals surface area contributed by atoms with E-state index in [0.717, 1.165) is 23.0 Å². The maximum atomic E-state index is 11.3. The van der Waals surface area contributed by atoms with E-state index in [1.807, 2.05) is 18.7 Å². The minimum absolute atomic E-state index is 0.540. The predicted molar refractivity (Wildman–Crippen MR) is 77.0 cm³/mol. The average molecular weight is 280 g/mol. The standard InChI is InChI=1S/C11H20O2S3/c1-11(10(12)13)8-15-6-2-4-14-5-3-7-16-9-11/h2-9H2,1H3,(H,12,13). The molecule has 0 aromatic heterocycles. The highest BCUT2D eigenvalue weighted by molar-refractivity contribution is 8.01. The van der Waals surface area contributed by atoms with Crippen molar-refractivity contribution in [2.75, 3.05) is 34.5 Å². The zero-order valence-corrected chi connectivity index (χ0v) is 12.2. The molecule has 1 aliphatic heterocycles. The van der Waals surface area contributed by atoms with Crippen molar-refractivity contribution in [3.05, 3.63) is 0 Å². The van der Waals surface area contributed by atoms with Gasteiger partial charge < -0.3 is 5.11 Å². The lowest BCUT2D eigenvalue weighted by Gasteiger charge is -2.24. The summed E-state index contributed by atoms with van der Waals surface area (Å²) in [6.07, 6.45) is 2.41. The second-order valence-corrected chi connectivity index (χ2v) is 7.73. The van der Waals surface area contributed by atoms with Gasteiger partial charge in [-0.2, -0.15) is 35.3 Å². The number of rotatable bonds is 1. The molecule has 1 heterocycles. The van der Waals surface area contributed by atoms with E-state index >= 15 is 0 Å². The molecular weight excluding hydrogens is 260 g/mol. The minimum atomic E-state index is -0.640. The van der Waals surface area contributed by atoms with Crippen molar-refractivity contribution >= 4 is 41.3 Å². The number of aliphatic carboxylic acids is 1. The Kier molecular flexibility index (Phi) is 7.08. The van der Waals surface area contributed by atoms with Gasteiger partial charge in [-0.3, -0.25) is 4.79 Å². The molecule has 0 aromatic rings. The molecule has 1 saturated heterocycles. The molecule has 16 heavy (non-hydrogen) atoms. The molecule has 0 bridgehead atoms. The summed E-state index contributed by atoms with van der Waals surface area (Å²) in [4.78, 5) is 11.3. The largest absolute Gasteiger partial charge is 0.481 e. The molecule has 1 fully saturated rings. The molecule has 0 saturated carbocycles. The zero-order valence-electron chi connectivity index (χ0n) is 9.74. The maximum absolute atomic E-state index is 11.3. The summed E-state index contributed by atoms with van der Waals surface area (Å²) in [6, 6.07) is 0. The van der Waals surface area contributed by atoms with Gasteiger partial charge in [0.05, 0.1) is 5.41 Å². The van der Waals surface area contributed by atoms with Crippen LogP contribution in [0.25, 0.3) is 0 Å². The van der Waals surface area contributed by atoms with Gasteiger partial charge in [0.2, 0.25) is 0 Å². The average Bonchev–Trinajstić information content (AvgIpc) is 2.23. The summed E-state index contributed by atoms with van der Waals surface area (Å²) >= 11 is 5.62. The predicted octanol–water partition coefficient (Wildman–Crippen LogP) is 3.07. The highest BCUT2D eigenvalue weighted by Crippen LogP contribution is 2.29. The van der Waals surface area contributed by atoms with Crippen LogP contribution in [0.3, 0.4) is 0 Å². The first-order chi connectivity index (χ1) is 7.65. The Hall–Kier alpha value is 0.520. The van der Waals surface area contributed by atoms with Crippen molar-refractivity contribution in [3.8, 4) is 0 Å². The fourth-order valence-corrected chi connectivity index (χ4v) is 5.12. The first kappa shape index (κ1) is 14.6. The summed E-state index contributed by atoms with van der Waals surface area (Å²) < 4.78 is 0. The lowest BCUT2D eigenvalue weighted by Crippen LogP contribution is -2.33. The first-order valence-corrected chi connectivity index (χ1v) is 9.08. The maximum Gasteiger partial charge on any atom is 0.311 e. The monoisotopic (exact) mass is 280 g/mol. The molecule has 5 heteroatoms. The van der Waals surface area contributed by atoms with Gasteiger partial charge in [0.1, 0.15) is 0 Å². The van der Waals surface area contributed by atoms with E-state index < -0.39 is 11.4 Å². The smallest absolute Gasteiger partial charge is 0.311 e. The Morgan fingerprint density at radius 1 is 1.00 bits per heavy atom. The molecule has 94 valence electrons. The summed E-state index contributed by atoms with van der Waals surface area (Å²) in [7, 11) is 0. The van der Waals surface area contributed by atoms with E-state index in [-0.39, 0.29) is 0 Å². The number of carbonyl (C=O) groups is 1. The van der Waals surface area contributed by atoms with Gasteiger partial charge >= 0.3 is 5.97 Å². The van der Waals surface area contributed by atoms with E-state index in [4.69, 9.17) is 0 Å². The topological polar surface area (TPSA) is 37.3 Å². The second kappa shape index (κ2) is 7.77. The number of hydrogen-bond donors (Lipinski definition) is 1. The van der Waals surface area contributed by atoms with Gasteiger partial charge in [0.25, 0.3) is 0 Å². The van der Waals surface area contributed by atoms with Crippen molar-refractivity contribution < 1.29 is 9.90 Å². The molecule has 1 N–H and O–H groups in total. The van der Waals surface area contributed by atoms with Crippen LogP contribution >= 0.6 is 35.3 Å². The normalized spacial score (nSPS) is 24.1. The summed E-state index contributed by atoms with van der Waals surface area (Å²) in [5, 5.41) is 9.27. The third kappa shape index (κ3) is 5.23. The van der Waals surface area contributed by atoms with Crippen molar-refractivity contribution in [2.24, 2.45) is 5.41 Å². The minimum Gasteiger partial charge on any atom is -0.481 e. The van der Waals surface area contributed by atoms with Crippen LogP contribution in [-0.2, 0) is 4.79 Å². The molecule has 0 aliphatic carbocycles. The fourth-order valence-electron chi connectivity index (χ4n) is 1.39. The summed E-state index contributed by atoms with van der Waals surface area (Å²) in [5.41, 5.74) is -0.540. The molecule has 0 atom stereocenters. The molecule has 0 spiro atoms. The highest BCUT2D eigenvalue weighted by Gasteiger charge is 2.32. The molecule has 0 aromatic carbocycles. The Balaban J connectivity index is 2.45. The highest BCUT2D eigenvalue weighted by atomic mass is 32.2. The molecule has 2 nitrogen and oxygen atoms in total. The quantitative estimate of drug-likeness (QED) is 0.799. The third-order valence-electron chi connectivity index (χ3n) is 2.51. The van der Waals surface area contributed by atoms with Crippen LogP contribution in [0, 0.1) is 5.41 Å². The van der Waals surface area contributed by atoms with Crippen LogP contribution in [0.1, 0.15) is 19.8 Å². The van der Waals surface area contributed by atoms with E-state index in [9.17, 15) is 9.90 Å². The van der Waals surface area contributed by atoms with Gasteiger partial charge in [-0.25, -0.2) is 0 Å². The van der Waals surface area contributed by atoms with Gasteiger partial charge in [0.15, 0.2) is 0 Å². The Morgan fingerprint density at radius 3 is 1.88 bits per heavy atom. The second-order valence-electron chi connectivity index (χ2n) is 4.29. The first-order valence-electron chi connectivity index (χ1n) is 5.62. The molecule has 1 rings (SSSR count). The van der Waals surface area contributed by atoms with Crippen LogP contribution in [0.4, 0.5) is 0 Å². The Labute approximate surface area is 111 Å². The summed E-state index contributed by atoms with van der Waals surface area (Å²) in [5.74, 6) is 5.50. The molecule has 0 amide bonds. The summed E-state index contributed by atoms with van der Waals surface area (Å²) in [6.45, 7) is 1.88. The fraction of sp³-hybridized carbons (Fsp3) is 0.909. The van der Waals surface area contributed by atoms with Crippen LogP contribution < -0.4 is 0 Å². The van der Waals surface area contributed by atoms with Crippen molar-refractivity contribution in [1.82, 2.24) is 0 Å². The van der Waals surface area contributed by atoms with Gasteiger partial charge in [-0.1, -0.05) is 0 Å². The van der Waals surface area contributed by atoms with Crippen molar-refractivity contribution in [1.29, 1.82) is 0 Å². The Bertz CT molecular complexity index is 209. The van der Waals surface area contributed by atoms with Crippen LogP contribution in [-0.4, -0.2) is 45.6 Å². The molecule has 1 aliphatic rings. The SMILES string of the molecule is CC1(C(=O)O)CSCCCSCCCSC1. The van der Waals surface area contributed by atoms with Gasteiger partial charge in [-0.15, -0.1) is 0 Å². The van der Waals surface area contributed by atoms with Crippen LogP contribution in [0.2, 0.25) is 0 Å². The lowest BCUT2D eigenvalue weighted by atomic mass is 9.97. The molecule has 0 unspecified atom stereocenters. The van der Waals surface area contributed by atoms with Gasteiger partial charge in [-0.05, 0) is 42.8 Å². The Morgan fingerprint density at radius 2 is 1.44 bits per heavy atom. The van der Waals surface area contributed by atoms with Crippen LogP contribution in [0.5, 0.6) is 0 Å². The van der Waals surface area contributed by atoms with E-state index in [1.165, 1.54) is 24.3 Å². The van der Waals surface area contributed by atoms with Crippen LogP contribution in [0.15, 0.2) is 0 Å². The lowest BCUT2D eigenvalue weighted by molar-refractivity contribution is -0.145. The van der Waals surface area contributed by atoms with Crippen molar-refractivity contribution in [2.45, 2.75) is 19.8 Å². The number of carboxylic acids is 1. The third-order valence-corrected chi connectivity index (χ3v) is 6.50. The van der Waals surface area contributed by atoms with E-state index in [2.05, 4.69) is 0 Å². The number of hydrogen-bond acceptors (Lipinski definition) is 4. The molecular formula is C11H20O2S3. The van der Waals surface area contributed by atoms with E-state index in [0.29, 0.717) is 0 Å². The van der Waals surface area contributed by atoms with Gasteiger partial charge in [0, 0.05) is 11.5 Å². The van der Waals surface area contributed by atoms with E-state index in [1.54, 1.807) is 23.5 Å². The number of carboxylic acid groups (broad SMARTS) is 1.